The lowest BCUT2D eigenvalue weighted by Gasteiger charge is -2.12. The predicted molar refractivity (Wildman–Crippen MR) is 60.2 cm³/mol. The molecule has 1 aromatic heterocycles. The van der Waals surface area contributed by atoms with Crippen molar-refractivity contribution < 1.29 is 0 Å². The number of likely N-dealkylation sites (N-methyl/N-ethyl adjacent to an activating group) is 1. The van der Waals surface area contributed by atoms with Crippen LogP contribution in [0, 0.1) is 6.92 Å². The average molecular weight is 190 g/mol. The molecule has 2 nitrogen and oxygen atoms in total. The first-order valence-corrected chi connectivity index (χ1v) is 4.88. The molecule has 0 fully saturated rings. The maximum Gasteiger partial charge on any atom is 0.0681 e. The number of pyridine rings is 1. The van der Waals surface area contributed by atoms with Gasteiger partial charge in [-0.05, 0) is 45.5 Å². The Morgan fingerprint density at radius 1 is 1.50 bits per heavy atom. The quantitative estimate of drug-likeness (QED) is 0.741. The zero-order chi connectivity index (χ0) is 10.6. The Bertz CT molecular complexity index is 325. The first-order chi connectivity index (χ1) is 6.63. The van der Waals surface area contributed by atoms with Crippen LogP contribution in [0.15, 0.2) is 30.0 Å². The highest BCUT2D eigenvalue weighted by Gasteiger charge is 2.06. The molecule has 1 N–H and O–H groups in total. The van der Waals surface area contributed by atoms with Crippen molar-refractivity contribution >= 4 is 0 Å². The van der Waals surface area contributed by atoms with Crippen LogP contribution in [0.2, 0.25) is 0 Å². The van der Waals surface area contributed by atoms with Crippen molar-refractivity contribution in [3.63, 3.8) is 0 Å². The zero-order valence-electron chi connectivity index (χ0n) is 9.33. The topological polar surface area (TPSA) is 24.9 Å². The van der Waals surface area contributed by atoms with Crippen LogP contribution in [0.3, 0.4) is 0 Å². The molecule has 76 valence electrons. The molecule has 0 aliphatic carbocycles. The monoisotopic (exact) mass is 190 g/mol. The summed E-state index contributed by atoms with van der Waals surface area (Å²) in [4.78, 5) is 4.36. The molecule has 0 amide bonds. The molecule has 0 aromatic carbocycles. The van der Waals surface area contributed by atoms with Crippen molar-refractivity contribution in [3.8, 4) is 0 Å². The van der Waals surface area contributed by atoms with Crippen molar-refractivity contribution in [1.82, 2.24) is 10.3 Å². The number of nitrogens with zero attached hydrogens (tertiary/aromatic N) is 1. The molecule has 1 rings (SSSR count). The van der Waals surface area contributed by atoms with Crippen LogP contribution in [0.1, 0.15) is 31.1 Å². The average Bonchev–Trinajstić information content (AvgIpc) is 2.14. The van der Waals surface area contributed by atoms with Gasteiger partial charge in [0.25, 0.3) is 0 Å². The van der Waals surface area contributed by atoms with Gasteiger partial charge in [0.15, 0.2) is 0 Å². The van der Waals surface area contributed by atoms with Gasteiger partial charge in [0.1, 0.15) is 0 Å². The van der Waals surface area contributed by atoms with E-state index in [9.17, 15) is 0 Å². The predicted octanol–water partition coefficient (Wildman–Crippen LogP) is 2.62. The highest BCUT2D eigenvalue weighted by atomic mass is 14.9. The summed E-state index contributed by atoms with van der Waals surface area (Å²) in [7, 11) is 1.95. The number of rotatable bonds is 3. The van der Waals surface area contributed by atoms with Crippen LogP contribution < -0.4 is 5.32 Å². The highest BCUT2D eigenvalue weighted by Crippen LogP contribution is 2.14. The summed E-state index contributed by atoms with van der Waals surface area (Å²) in [5, 5.41) is 3.24. The van der Waals surface area contributed by atoms with E-state index in [1.807, 2.05) is 19.3 Å². The van der Waals surface area contributed by atoms with Crippen molar-refractivity contribution in [2.24, 2.45) is 0 Å². The third-order valence-corrected chi connectivity index (χ3v) is 2.07. The van der Waals surface area contributed by atoms with E-state index in [2.05, 4.69) is 43.2 Å². The summed E-state index contributed by atoms with van der Waals surface area (Å²) in [5.41, 5.74) is 3.62. The minimum atomic E-state index is 0.222. The summed E-state index contributed by atoms with van der Waals surface area (Å²) in [6, 6.07) is 4.35. The molecule has 1 heterocycles. The standard InChI is InChI=1S/C12H18N2/c1-9(2)7-11(13-4)12-8-10(3)5-6-14-12/h5-8,11,13H,1-4H3. The SMILES string of the molecule is CNC(C=C(C)C)c1cc(C)ccn1. The van der Waals surface area contributed by atoms with Crippen LogP contribution in [0.25, 0.3) is 0 Å². The lowest BCUT2D eigenvalue weighted by atomic mass is 10.1. The van der Waals surface area contributed by atoms with Gasteiger partial charge in [0.05, 0.1) is 11.7 Å². The first-order valence-electron chi connectivity index (χ1n) is 4.88. The number of aromatic nitrogens is 1. The summed E-state index contributed by atoms with van der Waals surface area (Å²) in [6.07, 6.45) is 4.04. The Morgan fingerprint density at radius 3 is 2.71 bits per heavy atom. The minimum absolute atomic E-state index is 0.222. The van der Waals surface area contributed by atoms with Gasteiger partial charge in [-0.3, -0.25) is 4.98 Å². The minimum Gasteiger partial charge on any atom is -0.309 e. The zero-order valence-corrected chi connectivity index (χ0v) is 9.33. The van der Waals surface area contributed by atoms with Crippen LogP contribution in [0.4, 0.5) is 0 Å². The molecule has 14 heavy (non-hydrogen) atoms. The van der Waals surface area contributed by atoms with E-state index in [4.69, 9.17) is 0 Å². The molecule has 0 spiro atoms. The fourth-order valence-corrected chi connectivity index (χ4v) is 1.38. The second-order valence-corrected chi connectivity index (χ2v) is 3.77. The van der Waals surface area contributed by atoms with Crippen molar-refractivity contribution in [2.75, 3.05) is 7.05 Å². The highest BCUT2D eigenvalue weighted by molar-refractivity contribution is 5.21. The second kappa shape index (κ2) is 4.91. The smallest absolute Gasteiger partial charge is 0.0681 e. The van der Waals surface area contributed by atoms with Gasteiger partial charge in [-0.1, -0.05) is 11.6 Å². The third-order valence-electron chi connectivity index (χ3n) is 2.07. The Labute approximate surface area is 86.1 Å². The Hall–Kier alpha value is -1.15. The van der Waals surface area contributed by atoms with E-state index in [-0.39, 0.29) is 6.04 Å². The number of hydrogen-bond acceptors (Lipinski definition) is 2. The largest absolute Gasteiger partial charge is 0.309 e. The maximum atomic E-state index is 4.36. The van der Waals surface area contributed by atoms with Crippen LogP contribution in [-0.2, 0) is 0 Å². The van der Waals surface area contributed by atoms with E-state index in [0.29, 0.717) is 0 Å². The third kappa shape index (κ3) is 2.96. The van der Waals surface area contributed by atoms with Gasteiger partial charge in [0, 0.05) is 6.20 Å². The van der Waals surface area contributed by atoms with Crippen LogP contribution in [0.5, 0.6) is 0 Å². The molecule has 0 saturated carbocycles. The molecule has 0 aliphatic rings. The van der Waals surface area contributed by atoms with Crippen LogP contribution in [-0.4, -0.2) is 12.0 Å². The van der Waals surface area contributed by atoms with Gasteiger partial charge in [-0.25, -0.2) is 0 Å². The summed E-state index contributed by atoms with van der Waals surface area (Å²) in [6.45, 7) is 6.28. The molecule has 1 unspecified atom stereocenters. The van der Waals surface area contributed by atoms with Gasteiger partial charge >= 0.3 is 0 Å². The molecule has 1 aromatic rings. The van der Waals surface area contributed by atoms with Gasteiger partial charge < -0.3 is 5.32 Å². The van der Waals surface area contributed by atoms with E-state index in [1.54, 1.807) is 0 Å². The first kappa shape index (κ1) is 10.9. The summed E-state index contributed by atoms with van der Waals surface area (Å²) >= 11 is 0. The van der Waals surface area contributed by atoms with Crippen LogP contribution >= 0.6 is 0 Å². The number of allylic oxidation sites excluding steroid dienone is 1. The number of nitrogens with one attached hydrogen (secondary N) is 1. The van der Waals surface area contributed by atoms with E-state index in [0.717, 1.165) is 5.69 Å². The lowest BCUT2D eigenvalue weighted by Crippen LogP contribution is -2.15. The fraction of sp³-hybridized carbons (Fsp3) is 0.417. The Kier molecular flexibility index (Phi) is 3.84. The number of aryl methyl sites for hydroxylation is 1. The van der Waals surface area contributed by atoms with E-state index < -0.39 is 0 Å². The molecule has 0 bridgehead atoms. The molecular formula is C12H18N2. The molecular weight excluding hydrogens is 172 g/mol. The molecule has 1 atom stereocenters. The van der Waals surface area contributed by atoms with Crippen molar-refractivity contribution in [2.45, 2.75) is 26.8 Å². The molecule has 0 aliphatic heterocycles. The van der Waals surface area contributed by atoms with Gasteiger partial charge in [-0.15, -0.1) is 0 Å². The van der Waals surface area contributed by atoms with Gasteiger partial charge in [-0.2, -0.15) is 0 Å². The molecule has 0 radical (unpaired) electrons. The van der Waals surface area contributed by atoms with E-state index in [1.165, 1.54) is 11.1 Å². The second-order valence-electron chi connectivity index (χ2n) is 3.77. The molecule has 2 heteroatoms. The van der Waals surface area contributed by atoms with Crippen molar-refractivity contribution in [3.05, 3.63) is 41.2 Å². The summed E-state index contributed by atoms with van der Waals surface area (Å²) in [5.74, 6) is 0. The van der Waals surface area contributed by atoms with Gasteiger partial charge in [0.2, 0.25) is 0 Å². The van der Waals surface area contributed by atoms with Crippen molar-refractivity contribution in [1.29, 1.82) is 0 Å². The maximum absolute atomic E-state index is 4.36. The Balaban J connectivity index is 2.95. The fourth-order valence-electron chi connectivity index (χ4n) is 1.38. The normalized spacial score (nSPS) is 12.3. The molecule has 0 saturated heterocycles. The van der Waals surface area contributed by atoms with E-state index >= 15 is 0 Å². The summed E-state index contributed by atoms with van der Waals surface area (Å²) < 4.78 is 0. The Morgan fingerprint density at radius 2 is 2.21 bits per heavy atom. The lowest BCUT2D eigenvalue weighted by molar-refractivity contribution is 0.687. The number of hydrogen-bond donors (Lipinski definition) is 1.